The fourth-order valence-corrected chi connectivity index (χ4v) is 6.70. The number of aromatic nitrogens is 1. The number of rotatable bonds is 3. The number of nitrogens with zero attached hydrogens (tertiary/aromatic N) is 5. The maximum absolute atomic E-state index is 15.8. The lowest BCUT2D eigenvalue weighted by Crippen LogP contribution is -2.51. The molecule has 2 fully saturated rings. The zero-order chi connectivity index (χ0) is 30.0. The summed E-state index contributed by atoms with van der Waals surface area (Å²) in [5.41, 5.74) is 2.81. The molecule has 1 amide bonds. The SMILES string of the molecule is C[C@@H]1CN(c2ccc(C#N)c3ncccc23)C[C@@H]2c3cc(F)c(N4C[C@@H](NC(=O)OC(C)(C)C)[C@](C)(O)C4)cc3CN12. The predicted octanol–water partition coefficient (Wildman–Crippen LogP) is 4.48. The average molecular weight is 573 g/mol. The van der Waals surface area contributed by atoms with E-state index in [1.165, 1.54) is 0 Å². The number of pyridine rings is 1. The van der Waals surface area contributed by atoms with Crippen LogP contribution in [-0.2, 0) is 11.3 Å². The first-order valence-corrected chi connectivity index (χ1v) is 14.4. The molecule has 3 aromatic rings. The Morgan fingerprint density at radius 3 is 2.71 bits per heavy atom. The van der Waals surface area contributed by atoms with E-state index in [1.807, 2.05) is 30.3 Å². The summed E-state index contributed by atoms with van der Waals surface area (Å²) in [5.74, 6) is -0.345. The second-order valence-corrected chi connectivity index (χ2v) is 13.0. The van der Waals surface area contributed by atoms with Crippen molar-refractivity contribution in [1.29, 1.82) is 5.26 Å². The van der Waals surface area contributed by atoms with Crippen LogP contribution < -0.4 is 15.1 Å². The summed E-state index contributed by atoms with van der Waals surface area (Å²) in [5, 5.41) is 24.4. The van der Waals surface area contributed by atoms with Gasteiger partial charge in [-0.2, -0.15) is 5.26 Å². The Morgan fingerprint density at radius 1 is 1.19 bits per heavy atom. The van der Waals surface area contributed by atoms with E-state index in [0.717, 1.165) is 28.7 Å². The first-order valence-electron chi connectivity index (χ1n) is 14.4. The monoisotopic (exact) mass is 572 g/mol. The molecule has 3 aliphatic heterocycles. The number of anilines is 2. The highest BCUT2D eigenvalue weighted by Crippen LogP contribution is 2.43. The van der Waals surface area contributed by atoms with E-state index in [2.05, 4.69) is 33.1 Å². The molecule has 42 heavy (non-hydrogen) atoms. The highest BCUT2D eigenvalue weighted by Gasteiger charge is 2.45. The first-order chi connectivity index (χ1) is 19.8. The lowest BCUT2D eigenvalue weighted by molar-refractivity contribution is 0.0272. The molecule has 0 spiro atoms. The van der Waals surface area contributed by atoms with Crippen molar-refractivity contribution in [3.63, 3.8) is 0 Å². The van der Waals surface area contributed by atoms with Crippen LogP contribution in [0.1, 0.15) is 57.4 Å². The fourth-order valence-electron chi connectivity index (χ4n) is 6.70. The Kier molecular flexibility index (Phi) is 6.78. The summed E-state index contributed by atoms with van der Waals surface area (Å²) in [6, 6.07) is 13.1. The van der Waals surface area contributed by atoms with Gasteiger partial charge in [0.15, 0.2) is 0 Å². The third-order valence-electron chi connectivity index (χ3n) is 8.67. The number of halogens is 1. The second kappa shape index (κ2) is 10.1. The number of nitriles is 1. The van der Waals surface area contributed by atoms with Gasteiger partial charge in [0.25, 0.3) is 0 Å². The van der Waals surface area contributed by atoms with Crippen LogP contribution in [-0.4, -0.2) is 70.5 Å². The second-order valence-electron chi connectivity index (χ2n) is 13.0. The van der Waals surface area contributed by atoms with Crippen LogP contribution in [0.5, 0.6) is 0 Å². The standard InChI is InChI=1S/C32H37FN6O3/c1-19-14-37(25-9-8-20(13-34)29-22(25)7-6-10-35-29)16-27-23-12-24(33)26(11-21(23)15-39(19)27)38-17-28(32(5,41)18-38)36-30(40)42-31(2,3)4/h6-12,19,27-28,41H,14-18H2,1-5H3,(H,36,40)/t19-,27-,28-,32-/m1/s1. The smallest absolute Gasteiger partial charge is 0.408 e. The molecule has 1 aromatic heterocycles. The molecule has 6 rings (SSSR count). The van der Waals surface area contributed by atoms with Gasteiger partial charge in [0, 0.05) is 56.0 Å². The van der Waals surface area contributed by atoms with Gasteiger partial charge in [-0.1, -0.05) is 0 Å². The maximum Gasteiger partial charge on any atom is 0.408 e. The van der Waals surface area contributed by atoms with Gasteiger partial charge in [0.2, 0.25) is 0 Å². The minimum Gasteiger partial charge on any atom is -0.444 e. The van der Waals surface area contributed by atoms with Crippen molar-refractivity contribution >= 4 is 28.4 Å². The van der Waals surface area contributed by atoms with E-state index in [4.69, 9.17) is 4.74 Å². The summed E-state index contributed by atoms with van der Waals surface area (Å²) in [7, 11) is 0. The molecule has 0 aliphatic carbocycles. The van der Waals surface area contributed by atoms with E-state index in [-0.39, 0.29) is 31.0 Å². The third-order valence-corrected chi connectivity index (χ3v) is 8.67. The summed E-state index contributed by atoms with van der Waals surface area (Å²) in [6.07, 6.45) is 1.10. The van der Waals surface area contributed by atoms with E-state index in [0.29, 0.717) is 29.9 Å². The topological polar surface area (TPSA) is 105 Å². The van der Waals surface area contributed by atoms with Gasteiger partial charge in [-0.05, 0) is 82.1 Å². The minimum atomic E-state index is -1.26. The van der Waals surface area contributed by atoms with Crippen LogP contribution in [0.2, 0.25) is 0 Å². The Balaban J connectivity index is 1.25. The predicted molar refractivity (Wildman–Crippen MR) is 159 cm³/mol. The molecular weight excluding hydrogens is 535 g/mol. The quantitative estimate of drug-likeness (QED) is 0.474. The summed E-state index contributed by atoms with van der Waals surface area (Å²) < 4.78 is 21.2. The largest absolute Gasteiger partial charge is 0.444 e. The molecule has 0 saturated carbocycles. The summed E-state index contributed by atoms with van der Waals surface area (Å²) in [4.78, 5) is 23.4. The summed E-state index contributed by atoms with van der Waals surface area (Å²) in [6.45, 7) is 11.8. The zero-order valence-corrected chi connectivity index (χ0v) is 24.7. The Hall–Kier alpha value is -3.94. The minimum absolute atomic E-state index is 0.0120. The van der Waals surface area contributed by atoms with E-state index in [1.54, 1.807) is 44.9 Å². The van der Waals surface area contributed by atoms with Crippen LogP contribution >= 0.6 is 0 Å². The van der Waals surface area contributed by atoms with Crippen molar-refractivity contribution in [2.45, 2.75) is 70.5 Å². The van der Waals surface area contributed by atoms with Crippen molar-refractivity contribution in [2.24, 2.45) is 0 Å². The third kappa shape index (κ3) is 5.01. The van der Waals surface area contributed by atoms with Gasteiger partial charge in [0.05, 0.1) is 28.9 Å². The van der Waals surface area contributed by atoms with Crippen LogP contribution in [0, 0.1) is 17.1 Å². The van der Waals surface area contributed by atoms with E-state index < -0.39 is 23.3 Å². The average Bonchev–Trinajstić information content (AvgIpc) is 3.42. The zero-order valence-electron chi connectivity index (χ0n) is 24.7. The van der Waals surface area contributed by atoms with Gasteiger partial charge < -0.3 is 25.0 Å². The van der Waals surface area contributed by atoms with Crippen molar-refractivity contribution in [3.05, 3.63) is 65.1 Å². The van der Waals surface area contributed by atoms with Gasteiger partial charge in [-0.25, -0.2) is 9.18 Å². The number of carbonyl (C=O) groups is 1. The maximum atomic E-state index is 15.8. The van der Waals surface area contributed by atoms with Crippen molar-refractivity contribution < 1.29 is 19.0 Å². The Morgan fingerprint density at radius 2 is 1.98 bits per heavy atom. The normalized spacial score (nSPS) is 25.7. The molecule has 220 valence electrons. The number of nitrogens with one attached hydrogen (secondary N) is 1. The van der Waals surface area contributed by atoms with Crippen molar-refractivity contribution in [1.82, 2.24) is 15.2 Å². The molecule has 0 bridgehead atoms. The van der Waals surface area contributed by atoms with Crippen LogP contribution in [0.25, 0.3) is 10.9 Å². The van der Waals surface area contributed by atoms with Gasteiger partial charge in [-0.15, -0.1) is 0 Å². The van der Waals surface area contributed by atoms with E-state index in [9.17, 15) is 15.2 Å². The van der Waals surface area contributed by atoms with Gasteiger partial charge in [-0.3, -0.25) is 9.88 Å². The lowest BCUT2D eigenvalue weighted by atomic mass is 9.99. The Labute approximate surface area is 245 Å². The molecule has 2 aromatic carbocycles. The van der Waals surface area contributed by atoms with Crippen molar-refractivity contribution in [3.8, 4) is 6.07 Å². The molecular formula is C32H37FN6O3. The van der Waals surface area contributed by atoms with Crippen LogP contribution in [0.3, 0.4) is 0 Å². The number of aliphatic hydroxyl groups is 1. The Bertz CT molecular complexity index is 1600. The molecule has 4 heterocycles. The number of alkyl carbamates (subject to hydrolysis) is 1. The molecule has 3 aliphatic rings. The molecule has 0 radical (unpaired) electrons. The highest BCUT2D eigenvalue weighted by atomic mass is 19.1. The number of carbonyl (C=O) groups excluding carboxylic acids is 1. The molecule has 9 nitrogen and oxygen atoms in total. The highest BCUT2D eigenvalue weighted by molar-refractivity contribution is 5.95. The number of hydrogen-bond acceptors (Lipinski definition) is 8. The molecule has 0 unspecified atom stereocenters. The van der Waals surface area contributed by atoms with Crippen LogP contribution in [0.4, 0.5) is 20.6 Å². The van der Waals surface area contributed by atoms with Crippen LogP contribution in [0.15, 0.2) is 42.6 Å². The number of piperazine rings is 1. The number of β-amino-alcohol motifs (C(OH)–C–C–N with tert-alkyl or cyclic N) is 1. The molecule has 10 heteroatoms. The number of ether oxygens (including phenoxy) is 1. The number of amides is 1. The first kappa shape index (κ1) is 28.2. The lowest BCUT2D eigenvalue weighted by Gasteiger charge is -2.43. The van der Waals surface area contributed by atoms with Crippen molar-refractivity contribution in [2.75, 3.05) is 36.0 Å². The molecule has 4 atom stereocenters. The summed E-state index contributed by atoms with van der Waals surface area (Å²) >= 11 is 0. The number of hydrogen-bond donors (Lipinski definition) is 2. The number of fused-ring (bicyclic) bond motifs is 4. The van der Waals surface area contributed by atoms with Gasteiger partial charge >= 0.3 is 6.09 Å². The molecule has 2 N–H and O–H groups in total. The van der Waals surface area contributed by atoms with E-state index >= 15 is 4.39 Å². The molecule has 2 saturated heterocycles. The fraction of sp³-hybridized carbons (Fsp3) is 0.469. The van der Waals surface area contributed by atoms with Gasteiger partial charge in [0.1, 0.15) is 23.1 Å². The number of benzene rings is 2.